The smallest absolute Gasteiger partial charge is 0.223 e. The molecule has 12 heteroatoms. The van der Waals surface area contributed by atoms with Gasteiger partial charge in [-0.25, -0.2) is 15.0 Å². The Kier molecular flexibility index (Phi) is 9.67. The molecule has 3 aromatic rings. The van der Waals surface area contributed by atoms with Crippen molar-refractivity contribution >= 4 is 51.7 Å². The van der Waals surface area contributed by atoms with Gasteiger partial charge in [0.15, 0.2) is 11.6 Å². The van der Waals surface area contributed by atoms with E-state index in [1.165, 1.54) is 20.3 Å². The van der Waals surface area contributed by atoms with Gasteiger partial charge in [-0.2, -0.15) is 0 Å². The second-order valence-electron chi connectivity index (χ2n) is 10.7. The molecule has 4 heterocycles. The minimum absolute atomic E-state index is 0.0148. The lowest BCUT2D eigenvalue weighted by atomic mass is 9.90. The van der Waals surface area contributed by atoms with Gasteiger partial charge in [-0.05, 0) is 57.5 Å². The number of fused-ring (bicyclic) bond motifs is 1. The first-order valence-electron chi connectivity index (χ1n) is 14.0. The third-order valence-corrected chi connectivity index (χ3v) is 8.71. The summed E-state index contributed by atoms with van der Waals surface area (Å²) in [4.78, 5) is 28.9. The molecule has 2 aliphatic heterocycles. The standard InChI is InChI=1S/C30H36Cl2N6O4/c1-5-20(39)12-17-8-11-42-16-22(17)36-30-33-15-18-13-21(25-26(31)23(40-3)14-24(41-4)27(25)32)35-29(28(18)37-30)34-19-6-9-38(2)10-7-19/h5,13-15,17,19,22H,1,6-12,16H2,2-4H3,(H,34,35)(H,33,36,37)/t17-,22-/m1/s1. The van der Waals surface area contributed by atoms with Crippen molar-refractivity contribution in [3.8, 4) is 22.8 Å². The van der Waals surface area contributed by atoms with E-state index in [1.807, 2.05) is 6.07 Å². The number of hydrogen-bond donors (Lipinski definition) is 2. The Morgan fingerprint density at radius 2 is 1.83 bits per heavy atom. The summed E-state index contributed by atoms with van der Waals surface area (Å²) in [5, 5.41) is 8.47. The zero-order valence-corrected chi connectivity index (χ0v) is 25.6. The summed E-state index contributed by atoms with van der Waals surface area (Å²) >= 11 is 13.5. The molecule has 0 radical (unpaired) electrons. The van der Waals surface area contributed by atoms with Gasteiger partial charge in [0, 0.05) is 42.3 Å². The highest BCUT2D eigenvalue weighted by molar-refractivity contribution is 6.41. The van der Waals surface area contributed by atoms with Gasteiger partial charge in [0.2, 0.25) is 5.95 Å². The number of methoxy groups -OCH3 is 2. The number of nitrogens with one attached hydrogen (secondary N) is 2. The largest absolute Gasteiger partial charge is 0.495 e. The fourth-order valence-corrected chi connectivity index (χ4v) is 6.18. The topological polar surface area (TPSA) is 111 Å². The Bertz CT molecular complexity index is 1440. The van der Waals surface area contributed by atoms with Crippen LogP contribution in [0.4, 0.5) is 11.8 Å². The van der Waals surface area contributed by atoms with Crippen LogP contribution in [-0.2, 0) is 9.53 Å². The molecule has 0 unspecified atom stereocenters. The number of likely N-dealkylation sites (tertiary alicyclic amines) is 1. The van der Waals surface area contributed by atoms with E-state index < -0.39 is 0 Å². The summed E-state index contributed by atoms with van der Waals surface area (Å²) < 4.78 is 16.7. The molecule has 2 aromatic heterocycles. The van der Waals surface area contributed by atoms with E-state index in [9.17, 15) is 4.79 Å². The summed E-state index contributed by atoms with van der Waals surface area (Å²) in [5.41, 5.74) is 1.70. The molecule has 2 atom stereocenters. The number of pyridine rings is 1. The molecular weight excluding hydrogens is 579 g/mol. The van der Waals surface area contributed by atoms with Crippen molar-refractivity contribution in [2.45, 2.75) is 37.8 Å². The number of piperidine rings is 1. The first-order valence-corrected chi connectivity index (χ1v) is 14.8. The van der Waals surface area contributed by atoms with E-state index >= 15 is 0 Å². The highest BCUT2D eigenvalue weighted by Crippen LogP contribution is 2.46. The number of hydrogen-bond acceptors (Lipinski definition) is 10. The molecule has 42 heavy (non-hydrogen) atoms. The third kappa shape index (κ3) is 6.57. The van der Waals surface area contributed by atoms with Crippen LogP contribution >= 0.6 is 23.2 Å². The lowest BCUT2D eigenvalue weighted by molar-refractivity contribution is -0.116. The molecule has 0 amide bonds. The Labute approximate surface area is 255 Å². The Balaban J connectivity index is 1.56. The molecule has 0 bridgehead atoms. The number of aromatic nitrogens is 3. The predicted molar refractivity (Wildman–Crippen MR) is 166 cm³/mol. The Morgan fingerprint density at radius 3 is 2.50 bits per heavy atom. The molecule has 10 nitrogen and oxygen atoms in total. The molecule has 2 aliphatic rings. The predicted octanol–water partition coefficient (Wildman–Crippen LogP) is 5.48. The zero-order valence-electron chi connectivity index (χ0n) is 24.1. The van der Waals surface area contributed by atoms with Crippen molar-refractivity contribution in [1.82, 2.24) is 19.9 Å². The normalized spacial score (nSPS) is 19.8. The maximum atomic E-state index is 12.1. The lowest BCUT2D eigenvalue weighted by Crippen LogP contribution is -2.40. The van der Waals surface area contributed by atoms with Crippen LogP contribution in [0, 0.1) is 5.92 Å². The van der Waals surface area contributed by atoms with E-state index in [-0.39, 0.29) is 23.8 Å². The Morgan fingerprint density at radius 1 is 1.12 bits per heavy atom. The number of carbonyl (C=O) groups excluding carboxylic acids is 1. The molecular formula is C30H36Cl2N6O4. The van der Waals surface area contributed by atoms with Crippen molar-refractivity contribution in [2.24, 2.45) is 5.92 Å². The van der Waals surface area contributed by atoms with Crippen LogP contribution in [0.25, 0.3) is 22.2 Å². The monoisotopic (exact) mass is 614 g/mol. The molecule has 0 spiro atoms. The summed E-state index contributed by atoms with van der Waals surface area (Å²) in [7, 11) is 5.20. The van der Waals surface area contributed by atoms with Gasteiger partial charge in [-0.3, -0.25) is 4.79 Å². The summed E-state index contributed by atoms with van der Waals surface area (Å²) in [6, 6.07) is 3.61. The molecule has 2 N–H and O–H groups in total. The van der Waals surface area contributed by atoms with Crippen LogP contribution in [-0.4, -0.2) is 85.3 Å². The van der Waals surface area contributed by atoms with Crippen LogP contribution in [0.5, 0.6) is 11.5 Å². The summed E-state index contributed by atoms with van der Waals surface area (Å²) in [5.74, 6) is 2.00. The van der Waals surface area contributed by atoms with Crippen molar-refractivity contribution in [3.05, 3.63) is 41.0 Å². The number of anilines is 2. The van der Waals surface area contributed by atoms with Crippen molar-refractivity contribution < 1.29 is 19.0 Å². The highest BCUT2D eigenvalue weighted by atomic mass is 35.5. The fraction of sp³-hybridized carbons (Fsp3) is 0.467. The van der Waals surface area contributed by atoms with Gasteiger partial charge in [0.1, 0.15) is 17.0 Å². The van der Waals surface area contributed by atoms with Crippen molar-refractivity contribution in [1.29, 1.82) is 0 Å². The number of allylic oxidation sites excluding steroid dienone is 1. The van der Waals surface area contributed by atoms with Crippen molar-refractivity contribution in [2.75, 3.05) is 58.2 Å². The number of ether oxygens (including phenoxy) is 3. The number of carbonyl (C=O) groups is 1. The second-order valence-corrected chi connectivity index (χ2v) is 11.5. The van der Waals surface area contributed by atoms with Crippen LogP contribution in [0.3, 0.4) is 0 Å². The van der Waals surface area contributed by atoms with E-state index in [0.29, 0.717) is 69.7 Å². The van der Waals surface area contributed by atoms with E-state index in [4.69, 9.17) is 47.4 Å². The first-order chi connectivity index (χ1) is 20.3. The van der Waals surface area contributed by atoms with Gasteiger partial charge in [-0.1, -0.05) is 29.8 Å². The van der Waals surface area contributed by atoms with Gasteiger partial charge in [0.05, 0.1) is 42.6 Å². The molecule has 0 aliphatic carbocycles. The van der Waals surface area contributed by atoms with Crippen molar-refractivity contribution in [3.63, 3.8) is 0 Å². The number of halogens is 2. The van der Waals surface area contributed by atoms with E-state index in [1.54, 1.807) is 12.3 Å². The Hall–Kier alpha value is -3.18. The van der Waals surface area contributed by atoms with Crippen LogP contribution < -0.4 is 20.1 Å². The molecule has 2 fully saturated rings. The van der Waals surface area contributed by atoms with Crippen LogP contribution in [0.1, 0.15) is 25.7 Å². The highest BCUT2D eigenvalue weighted by Gasteiger charge is 2.28. The number of benzene rings is 1. The fourth-order valence-electron chi connectivity index (χ4n) is 5.49. The average Bonchev–Trinajstić information content (AvgIpc) is 2.99. The maximum Gasteiger partial charge on any atom is 0.223 e. The minimum Gasteiger partial charge on any atom is -0.495 e. The summed E-state index contributed by atoms with van der Waals surface area (Å²) in [6.07, 6.45) is 6.23. The first kappa shape index (κ1) is 30.3. The number of rotatable bonds is 10. The van der Waals surface area contributed by atoms with E-state index in [0.717, 1.165) is 37.7 Å². The molecule has 224 valence electrons. The second kappa shape index (κ2) is 13.4. The van der Waals surface area contributed by atoms with Gasteiger partial charge < -0.3 is 29.7 Å². The lowest BCUT2D eigenvalue weighted by Gasteiger charge is -2.32. The number of ketones is 1. The van der Waals surface area contributed by atoms with Gasteiger partial charge in [-0.15, -0.1) is 0 Å². The van der Waals surface area contributed by atoms with Gasteiger partial charge >= 0.3 is 0 Å². The van der Waals surface area contributed by atoms with Gasteiger partial charge in [0.25, 0.3) is 0 Å². The molecule has 5 rings (SSSR count). The van der Waals surface area contributed by atoms with Crippen LogP contribution in [0.15, 0.2) is 31.0 Å². The van der Waals surface area contributed by atoms with E-state index in [2.05, 4.69) is 34.1 Å². The maximum absolute atomic E-state index is 12.1. The summed E-state index contributed by atoms with van der Waals surface area (Å²) in [6.45, 7) is 6.65. The SMILES string of the molecule is C=CC(=O)C[C@H]1CCOC[C@H]1Nc1ncc2cc(-c3c(Cl)c(OC)cc(OC)c3Cl)nc(NC3CCN(C)CC3)c2n1. The third-order valence-electron chi connectivity index (χ3n) is 7.96. The molecule has 0 saturated carbocycles. The minimum atomic E-state index is -0.112. The molecule has 2 saturated heterocycles. The molecule has 1 aromatic carbocycles. The quantitative estimate of drug-likeness (QED) is 0.285. The zero-order chi connectivity index (χ0) is 29.8. The van der Waals surface area contributed by atoms with Crippen LogP contribution in [0.2, 0.25) is 10.0 Å². The average molecular weight is 616 g/mol. The number of nitrogens with zero attached hydrogens (tertiary/aromatic N) is 4.